The molecule has 2 aromatic heterocycles. The summed E-state index contributed by atoms with van der Waals surface area (Å²) in [4.78, 5) is 19.0. The number of aliphatic hydroxyl groups is 1. The van der Waals surface area contributed by atoms with Crippen molar-refractivity contribution in [1.82, 2.24) is 9.97 Å². The van der Waals surface area contributed by atoms with Crippen LogP contribution >= 0.6 is 11.3 Å². The van der Waals surface area contributed by atoms with Crippen molar-refractivity contribution in [1.29, 1.82) is 0 Å². The van der Waals surface area contributed by atoms with Gasteiger partial charge in [0.15, 0.2) is 10.7 Å². The first-order chi connectivity index (χ1) is 15.2. The summed E-state index contributed by atoms with van der Waals surface area (Å²) in [6.07, 6.45) is -2.75. The van der Waals surface area contributed by atoms with E-state index in [4.69, 9.17) is 10.2 Å². The summed E-state index contributed by atoms with van der Waals surface area (Å²) in [6, 6.07) is 9.39. The normalized spacial score (nSPS) is 13.9. The Balaban J connectivity index is 1.42. The summed E-state index contributed by atoms with van der Waals surface area (Å²) in [6.45, 7) is -0.0515. The van der Waals surface area contributed by atoms with Crippen LogP contribution in [0.5, 0.6) is 0 Å². The fourth-order valence-corrected chi connectivity index (χ4v) is 4.16. The molecule has 4 rings (SSSR count). The summed E-state index contributed by atoms with van der Waals surface area (Å²) in [5.41, 5.74) is 7.85. The van der Waals surface area contributed by atoms with Crippen molar-refractivity contribution in [3.8, 4) is 10.4 Å². The SMILES string of the molecule is N[C@H](CNc1ncc(-c2ccc3[nH]c(=O)oc3c2)s1)[C@@H](CO)c1ccc(C(F)(F)F)cc1. The Kier molecular flexibility index (Phi) is 6.04. The molecule has 2 aromatic carbocycles. The summed E-state index contributed by atoms with van der Waals surface area (Å²) in [5, 5.41) is 13.4. The zero-order valence-electron chi connectivity index (χ0n) is 16.5. The number of hydrogen-bond donors (Lipinski definition) is 4. The van der Waals surface area contributed by atoms with Crippen molar-refractivity contribution in [3.05, 3.63) is 70.3 Å². The number of oxazole rings is 1. The van der Waals surface area contributed by atoms with Crippen LogP contribution in [0.2, 0.25) is 0 Å². The fourth-order valence-electron chi connectivity index (χ4n) is 3.34. The van der Waals surface area contributed by atoms with Crippen LogP contribution in [0.25, 0.3) is 21.5 Å². The molecule has 0 aliphatic heterocycles. The third kappa shape index (κ3) is 4.69. The average molecular weight is 464 g/mol. The monoisotopic (exact) mass is 464 g/mol. The van der Waals surface area contributed by atoms with Crippen LogP contribution < -0.4 is 16.8 Å². The number of benzene rings is 2. The molecule has 0 amide bonds. The molecule has 0 bridgehead atoms. The number of rotatable bonds is 7. The second kappa shape index (κ2) is 8.77. The summed E-state index contributed by atoms with van der Waals surface area (Å²) in [7, 11) is 0. The Bertz CT molecular complexity index is 1260. The summed E-state index contributed by atoms with van der Waals surface area (Å²) >= 11 is 1.37. The molecule has 5 N–H and O–H groups in total. The number of nitrogens with one attached hydrogen (secondary N) is 2. The van der Waals surface area contributed by atoms with Crippen LogP contribution in [0, 0.1) is 0 Å². The standard InChI is InChI=1S/C21H19F3N4O3S/c22-21(23,24)13-4-1-11(2-5-13)14(10-29)15(25)8-26-19-27-9-18(32-19)12-3-6-16-17(7-12)31-20(30)28-16/h1-7,9,14-15,29H,8,10,25H2,(H,26,27)(H,28,30)/t14-,15+/m0/s1. The van der Waals surface area contributed by atoms with Gasteiger partial charge in [0.05, 0.1) is 22.6 Å². The number of aliphatic hydroxyl groups excluding tert-OH is 1. The van der Waals surface area contributed by atoms with E-state index in [9.17, 15) is 23.1 Å². The predicted octanol–water partition coefficient (Wildman–Crippen LogP) is 3.78. The van der Waals surface area contributed by atoms with Gasteiger partial charge in [0.25, 0.3) is 0 Å². The van der Waals surface area contributed by atoms with Crippen LogP contribution in [-0.4, -0.2) is 34.3 Å². The Morgan fingerprint density at radius 3 is 2.66 bits per heavy atom. The number of halogens is 3. The van der Waals surface area contributed by atoms with E-state index >= 15 is 0 Å². The van der Waals surface area contributed by atoms with E-state index in [0.717, 1.165) is 22.6 Å². The lowest BCUT2D eigenvalue weighted by atomic mass is 9.92. The van der Waals surface area contributed by atoms with Gasteiger partial charge < -0.3 is 20.6 Å². The number of nitrogens with zero attached hydrogens (tertiary/aromatic N) is 1. The van der Waals surface area contributed by atoms with Gasteiger partial charge in [-0.25, -0.2) is 9.78 Å². The van der Waals surface area contributed by atoms with Crippen molar-refractivity contribution in [2.75, 3.05) is 18.5 Å². The molecule has 0 aliphatic rings. The van der Waals surface area contributed by atoms with E-state index < -0.39 is 29.5 Å². The minimum atomic E-state index is -4.42. The second-order valence-electron chi connectivity index (χ2n) is 7.21. The topological polar surface area (TPSA) is 117 Å². The van der Waals surface area contributed by atoms with Crippen LogP contribution in [0.1, 0.15) is 17.0 Å². The average Bonchev–Trinajstić information content (AvgIpc) is 3.37. The number of nitrogens with two attached hydrogens (primary N) is 1. The molecule has 0 saturated heterocycles. The second-order valence-corrected chi connectivity index (χ2v) is 8.24. The highest BCUT2D eigenvalue weighted by Gasteiger charge is 2.30. The Morgan fingerprint density at radius 1 is 1.22 bits per heavy atom. The van der Waals surface area contributed by atoms with Crippen molar-refractivity contribution < 1.29 is 22.7 Å². The lowest BCUT2D eigenvalue weighted by molar-refractivity contribution is -0.137. The van der Waals surface area contributed by atoms with Gasteiger partial charge in [0.2, 0.25) is 0 Å². The molecule has 168 valence electrons. The zero-order valence-corrected chi connectivity index (χ0v) is 17.3. The van der Waals surface area contributed by atoms with Crippen LogP contribution in [0.4, 0.5) is 18.3 Å². The first-order valence-electron chi connectivity index (χ1n) is 9.61. The van der Waals surface area contributed by atoms with Crippen molar-refractivity contribution in [2.24, 2.45) is 5.73 Å². The Hall–Kier alpha value is -3.15. The maximum absolute atomic E-state index is 12.8. The Morgan fingerprint density at radius 2 is 1.97 bits per heavy atom. The van der Waals surface area contributed by atoms with Crippen molar-refractivity contribution >= 4 is 27.6 Å². The molecule has 0 aliphatic carbocycles. The number of hydrogen-bond acceptors (Lipinski definition) is 7. The van der Waals surface area contributed by atoms with Gasteiger partial charge in [0, 0.05) is 24.7 Å². The van der Waals surface area contributed by atoms with E-state index in [1.807, 2.05) is 6.07 Å². The molecule has 4 aromatic rings. The van der Waals surface area contributed by atoms with E-state index in [0.29, 0.717) is 21.8 Å². The molecule has 2 heterocycles. The lowest BCUT2D eigenvalue weighted by Gasteiger charge is -2.23. The molecular weight excluding hydrogens is 445 g/mol. The highest BCUT2D eigenvalue weighted by atomic mass is 32.1. The number of alkyl halides is 3. The number of aromatic amines is 1. The van der Waals surface area contributed by atoms with Gasteiger partial charge >= 0.3 is 11.9 Å². The molecule has 32 heavy (non-hydrogen) atoms. The first-order valence-corrected chi connectivity index (χ1v) is 10.4. The van der Waals surface area contributed by atoms with E-state index in [1.165, 1.54) is 23.5 Å². The van der Waals surface area contributed by atoms with Crippen LogP contribution in [0.15, 0.2) is 57.9 Å². The molecule has 11 heteroatoms. The maximum atomic E-state index is 12.8. The minimum absolute atomic E-state index is 0.255. The number of H-pyrrole nitrogens is 1. The van der Waals surface area contributed by atoms with Gasteiger partial charge in [0.1, 0.15) is 0 Å². The van der Waals surface area contributed by atoms with Crippen LogP contribution in [-0.2, 0) is 6.18 Å². The number of fused-ring (bicyclic) bond motifs is 1. The van der Waals surface area contributed by atoms with Gasteiger partial charge in [-0.1, -0.05) is 29.5 Å². The van der Waals surface area contributed by atoms with Crippen molar-refractivity contribution in [2.45, 2.75) is 18.1 Å². The largest absolute Gasteiger partial charge is 0.417 e. The Labute approximate surface area is 183 Å². The molecule has 0 saturated carbocycles. The zero-order chi connectivity index (χ0) is 22.9. The fraction of sp³-hybridized carbons (Fsp3) is 0.238. The van der Waals surface area contributed by atoms with E-state index in [1.54, 1.807) is 18.3 Å². The predicted molar refractivity (Wildman–Crippen MR) is 116 cm³/mol. The molecule has 0 unspecified atom stereocenters. The molecular formula is C21H19F3N4O3S. The molecule has 7 nitrogen and oxygen atoms in total. The van der Waals surface area contributed by atoms with Gasteiger partial charge in [-0.3, -0.25) is 4.98 Å². The number of aromatic nitrogens is 2. The lowest BCUT2D eigenvalue weighted by Crippen LogP contribution is -2.37. The molecule has 0 spiro atoms. The third-order valence-electron chi connectivity index (χ3n) is 5.08. The van der Waals surface area contributed by atoms with Crippen LogP contribution in [0.3, 0.4) is 0 Å². The minimum Gasteiger partial charge on any atom is -0.408 e. The van der Waals surface area contributed by atoms with E-state index in [2.05, 4.69) is 15.3 Å². The quantitative estimate of drug-likeness (QED) is 0.331. The smallest absolute Gasteiger partial charge is 0.408 e. The molecule has 2 atom stereocenters. The van der Waals surface area contributed by atoms with E-state index in [-0.39, 0.29) is 13.2 Å². The number of thiazole rings is 1. The highest BCUT2D eigenvalue weighted by Crippen LogP contribution is 2.32. The van der Waals surface area contributed by atoms with Gasteiger partial charge in [-0.05, 0) is 35.4 Å². The van der Waals surface area contributed by atoms with Gasteiger partial charge in [-0.15, -0.1) is 0 Å². The van der Waals surface area contributed by atoms with Gasteiger partial charge in [-0.2, -0.15) is 13.2 Å². The third-order valence-corrected chi connectivity index (χ3v) is 6.08. The molecule has 0 radical (unpaired) electrons. The highest BCUT2D eigenvalue weighted by molar-refractivity contribution is 7.18. The summed E-state index contributed by atoms with van der Waals surface area (Å²) in [5.74, 6) is -1.06. The number of anilines is 1. The maximum Gasteiger partial charge on any atom is 0.417 e. The van der Waals surface area contributed by atoms with Crippen molar-refractivity contribution in [3.63, 3.8) is 0 Å². The molecule has 0 fully saturated rings. The first kappa shape index (κ1) is 22.1. The summed E-state index contributed by atoms with van der Waals surface area (Å²) < 4.78 is 43.4.